The summed E-state index contributed by atoms with van der Waals surface area (Å²) in [6.07, 6.45) is -1.37. The smallest absolute Gasteiger partial charge is 0.262 e. The summed E-state index contributed by atoms with van der Waals surface area (Å²) in [5, 5.41) is 3.66. The predicted molar refractivity (Wildman–Crippen MR) is 120 cm³/mol. The quantitative estimate of drug-likeness (QED) is 0.671. The molecule has 1 atom stereocenters. The first-order chi connectivity index (χ1) is 15.5. The molecule has 1 saturated heterocycles. The topological polar surface area (TPSA) is 57.7 Å². The number of anilines is 2. The molecule has 1 N–H and O–H groups in total. The number of benzene rings is 2. The number of carbonyl (C=O) groups is 1. The highest BCUT2D eigenvalue weighted by Crippen LogP contribution is 2.35. The minimum absolute atomic E-state index is 0.0334. The molecule has 0 radical (unpaired) electrons. The summed E-state index contributed by atoms with van der Waals surface area (Å²) in [7, 11) is 0. The number of hydrogen-bond donors (Lipinski definition) is 1. The Balaban J connectivity index is 1.25. The van der Waals surface area contributed by atoms with E-state index in [9.17, 15) is 9.18 Å². The lowest BCUT2D eigenvalue weighted by Gasteiger charge is -2.37. The molecule has 2 aliphatic rings. The molecule has 0 spiro atoms. The lowest BCUT2D eigenvalue weighted by atomic mass is 10.1. The van der Waals surface area contributed by atoms with Crippen LogP contribution in [0, 0.1) is 12.7 Å². The largest absolute Gasteiger partial charge is 0.478 e. The van der Waals surface area contributed by atoms with Crippen LogP contribution in [0.3, 0.4) is 0 Å². The van der Waals surface area contributed by atoms with Gasteiger partial charge in [-0.25, -0.2) is 8.78 Å². The van der Waals surface area contributed by atoms with Gasteiger partial charge in [0, 0.05) is 49.5 Å². The van der Waals surface area contributed by atoms with Gasteiger partial charge in [-0.3, -0.25) is 14.7 Å². The summed E-state index contributed by atoms with van der Waals surface area (Å²) in [4.78, 5) is 20.5. The van der Waals surface area contributed by atoms with Crippen molar-refractivity contribution in [2.45, 2.75) is 13.1 Å². The van der Waals surface area contributed by atoms with Gasteiger partial charge in [-0.2, -0.15) is 0 Å². The summed E-state index contributed by atoms with van der Waals surface area (Å²) in [5.74, 6) is -1.07. The first kappa shape index (κ1) is 20.6. The zero-order chi connectivity index (χ0) is 22.2. The molecular formula is C24H24F2N4O2. The van der Waals surface area contributed by atoms with E-state index in [1.807, 2.05) is 30.0 Å². The van der Waals surface area contributed by atoms with Crippen LogP contribution < -0.4 is 15.0 Å². The number of halogens is 2. The number of hydrogen-bond acceptors (Lipinski definition) is 5. The van der Waals surface area contributed by atoms with Gasteiger partial charge < -0.3 is 15.0 Å². The second-order valence-corrected chi connectivity index (χ2v) is 8.27. The maximum Gasteiger partial charge on any atom is 0.262 e. The van der Waals surface area contributed by atoms with Crippen molar-refractivity contribution >= 4 is 28.2 Å². The van der Waals surface area contributed by atoms with Crippen LogP contribution in [0.2, 0.25) is 0 Å². The zero-order valence-corrected chi connectivity index (χ0v) is 17.8. The SMILES string of the molecule is Cc1ccc2c(N3CCN(CC(F)c4cc(F)c5c(c4)NC(=O)CO5)CC3)cccc2n1. The molecular weight excluding hydrogens is 414 g/mol. The average Bonchev–Trinajstić information content (AvgIpc) is 2.78. The number of aryl methyl sites for hydroxylation is 1. The van der Waals surface area contributed by atoms with Crippen molar-refractivity contribution in [3.8, 4) is 5.75 Å². The highest BCUT2D eigenvalue weighted by atomic mass is 19.1. The van der Waals surface area contributed by atoms with Gasteiger partial charge in [0.25, 0.3) is 5.91 Å². The molecule has 1 unspecified atom stereocenters. The van der Waals surface area contributed by atoms with Gasteiger partial charge >= 0.3 is 0 Å². The summed E-state index contributed by atoms with van der Waals surface area (Å²) >= 11 is 0. The van der Waals surface area contributed by atoms with Gasteiger partial charge in [-0.1, -0.05) is 6.07 Å². The molecule has 0 bridgehead atoms. The molecule has 1 fully saturated rings. The number of nitrogens with zero attached hydrogens (tertiary/aromatic N) is 3. The van der Waals surface area contributed by atoms with E-state index in [0.717, 1.165) is 41.4 Å². The third-order valence-electron chi connectivity index (χ3n) is 6.03. The molecule has 1 amide bonds. The second kappa shape index (κ2) is 8.35. The molecule has 166 valence electrons. The molecule has 0 aliphatic carbocycles. The molecule has 6 nitrogen and oxygen atoms in total. The van der Waals surface area contributed by atoms with Crippen molar-refractivity contribution in [1.82, 2.24) is 9.88 Å². The number of aromatic nitrogens is 1. The molecule has 2 aliphatic heterocycles. The van der Waals surface area contributed by atoms with Crippen LogP contribution in [-0.4, -0.2) is 55.1 Å². The average molecular weight is 438 g/mol. The van der Waals surface area contributed by atoms with E-state index in [1.165, 1.54) is 6.07 Å². The van der Waals surface area contributed by atoms with E-state index in [0.29, 0.717) is 13.1 Å². The molecule has 3 aromatic rings. The Bertz CT molecular complexity index is 1180. The van der Waals surface area contributed by atoms with Crippen LogP contribution in [0.1, 0.15) is 17.4 Å². The first-order valence-corrected chi connectivity index (χ1v) is 10.7. The van der Waals surface area contributed by atoms with Crippen LogP contribution in [0.25, 0.3) is 10.9 Å². The van der Waals surface area contributed by atoms with Crippen molar-refractivity contribution in [2.75, 3.05) is 49.5 Å². The molecule has 5 rings (SSSR count). The molecule has 3 heterocycles. The maximum atomic E-state index is 15.0. The Kier molecular flexibility index (Phi) is 5.38. The third kappa shape index (κ3) is 3.98. The normalized spacial score (nSPS) is 17.6. The molecule has 0 saturated carbocycles. The van der Waals surface area contributed by atoms with Crippen LogP contribution >= 0.6 is 0 Å². The first-order valence-electron chi connectivity index (χ1n) is 10.7. The number of rotatable bonds is 4. The van der Waals surface area contributed by atoms with Crippen LogP contribution in [0.4, 0.5) is 20.2 Å². The lowest BCUT2D eigenvalue weighted by molar-refractivity contribution is -0.118. The van der Waals surface area contributed by atoms with Gasteiger partial charge in [-0.15, -0.1) is 0 Å². The number of ether oxygens (including phenoxy) is 1. The fourth-order valence-electron chi connectivity index (χ4n) is 4.38. The summed E-state index contributed by atoms with van der Waals surface area (Å²) < 4.78 is 34.5. The Hall–Kier alpha value is -3.26. The Morgan fingerprint density at radius 3 is 2.78 bits per heavy atom. The number of amides is 1. The van der Waals surface area contributed by atoms with Crippen molar-refractivity contribution in [2.24, 2.45) is 0 Å². The summed E-state index contributed by atoms with van der Waals surface area (Å²) in [5.41, 5.74) is 3.48. The van der Waals surface area contributed by atoms with E-state index in [-0.39, 0.29) is 36.1 Å². The van der Waals surface area contributed by atoms with E-state index in [2.05, 4.69) is 27.3 Å². The zero-order valence-electron chi connectivity index (χ0n) is 17.8. The lowest BCUT2D eigenvalue weighted by Crippen LogP contribution is -2.47. The second-order valence-electron chi connectivity index (χ2n) is 8.27. The Morgan fingerprint density at radius 1 is 1.16 bits per heavy atom. The third-order valence-corrected chi connectivity index (χ3v) is 6.03. The van der Waals surface area contributed by atoms with Gasteiger partial charge in [0.2, 0.25) is 0 Å². The van der Waals surface area contributed by atoms with Crippen molar-refractivity contribution in [3.63, 3.8) is 0 Å². The van der Waals surface area contributed by atoms with E-state index >= 15 is 4.39 Å². The van der Waals surface area contributed by atoms with Crippen LogP contribution in [0.5, 0.6) is 5.75 Å². The van der Waals surface area contributed by atoms with E-state index < -0.39 is 12.0 Å². The minimum atomic E-state index is -1.37. The van der Waals surface area contributed by atoms with Crippen molar-refractivity contribution in [1.29, 1.82) is 0 Å². The van der Waals surface area contributed by atoms with Gasteiger partial charge in [0.1, 0.15) is 6.17 Å². The Morgan fingerprint density at radius 2 is 1.97 bits per heavy atom. The number of carbonyl (C=O) groups excluding carboxylic acids is 1. The van der Waals surface area contributed by atoms with Gasteiger partial charge in [0.05, 0.1) is 11.2 Å². The highest BCUT2D eigenvalue weighted by molar-refractivity contribution is 5.95. The van der Waals surface area contributed by atoms with Crippen LogP contribution in [-0.2, 0) is 4.79 Å². The summed E-state index contributed by atoms with van der Waals surface area (Å²) in [6, 6.07) is 12.9. The number of nitrogens with one attached hydrogen (secondary N) is 1. The predicted octanol–water partition coefficient (Wildman–Crippen LogP) is 3.85. The fraction of sp³-hybridized carbons (Fsp3) is 0.333. The minimum Gasteiger partial charge on any atom is -0.478 e. The number of fused-ring (bicyclic) bond motifs is 2. The summed E-state index contributed by atoms with van der Waals surface area (Å²) in [6.45, 7) is 4.83. The van der Waals surface area contributed by atoms with Gasteiger partial charge in [0.15, 0.2) is 18.2 Å². The van der Waals surface area contributed by atoms with Crippen molar-refractivity contribution < 1.29 is 18.3 Å². The number of piperazine rings is 1. The monoisotopic (exact) mass is 438 g/mol. The molecule has 8 heteroatoms. The molecule has 2 aromatic carbocycles. The van der Waals surface area contributed by atoms with Crippen molar-refractivity contribution in [3.05, 3.63) is 59.5 Å². The van der Waals surface area contributed by atoms with E-state index in [1.54, 1.807) is 0 Å². The fourth-order valence-corrected chi connectivity index (χ4v) is 4.38. The standard InChI is InChI=1S/C24H24F2N4O2/c1-15-5-6-17-20(27-15)3-2-4-22(17)30-9-7-29(8-10-30)13-19(26)16-11-18(25)24-21(12-16)28-23(31)14-32-24/h2-6,11-12,19H,7-10,13-14H2,1H3,(H,28,31). The molecule has 1 aromatic heterocycles. The maximum absolute atomic E-state index is 15.0. The number of pyridine rings is 1. The number of alkyl halides is 1. The van der Waals surface area contributed by atoms with Gasteiger partial charge in [-0.05, 0) is 48.9 Å². The molecule has 32 heavy (non-hydrogen) atoms. The Labute approximate surface area is 184 Å². The van der Waals surface area contributed by atoms with E-state index in [4.69, 9.17) is 4.74 Å². The highest BCUT2D eigenvalue weighted by Gasteiger charge is 2.26. The van der Waals surface area contributed by atoms with Crippen LogP contribution in [0.15, 0.2) is 42.5 Å².